The summed E-state index contributed by atoms with van der Waals surface area (Å²) in [6.07, 6.45) is 0. The summed E-state index contributed by atoms with van der Waals surface area (Å²) in [6.45, 7) is 1.96. The number of methoxy groups -OCH3 is 1. The van der Waals surface area contributed by atoms with E-state index in [0.717, 1.165) is 5.56 Å². The molecular weight excluding hydrogens is 244 g/mol. The second-order valence-corrected chi connectivity index (χ2v) is 4.09. The molecule has 0 aliphatic carbocycles. The third-order valence-electron chi connectivity index (χ3n) is 2.63. The van der Waals surface area contributed by atoms with Crippen molar-refractivity contribution in [2.75, 3.05) is 7.11 Å². The van der Waals surface area contributed by atoms with E-state index in [4.69, 9.17) is 14.6 Å². The molecule has 2 rings (SSSR count). The van der Waals surface area contributed by atoms with E-state index in [-0.39, 0.29) is 5.56 Å². The summed E-state index contributed by atoms with van der Waals surface area (Å²) in [4.78, 5) is 10.9. The third-order valence-corrected chi connectivity index (χ3v) is 2.63. The maximum absolute atomic E-state index is 10.9. The van der Waals surface area contributed by atoms with Crippen molar-refractivity contribution in [1.29, 1.82) is 0 Å². The SMILES string of the molecule is COc1cc(C)ccc1Oc1cccc(C(=O)O)c1. The summed E-state index contributed by atoms with van der Waals surface area (Å²) in [6, 6.07) is 11.9. The summed E-state index contributed by atoms with van der Waals surface area (Å²) < 4.78 is 10.9. The number of benzene rings is 2. The highest BCUT2D eigenvalue weighted by Crippen LogP contribution is 2.32. The Bertz CT molecular complexity index is 605. The third kappa shape index (κ3) is 3.04. The fourth-order valence-electron chi connectivity index (χ4n) is 1.68. The van der Waals surface area contributed by atoms with Crippen molar-refractivity contribution in [2.24, 2.45) is 0 Å². The van der Waals surface area contributed by atoms with Gasteiger partial charge in [0.15, 0.2) is 11.5 Å². The average molecular weight is 258 g/mol. The van der Waals surface area contributed by atoms with Gasteiger partial charge in [-0.15, -0.1) is 0 Å². The Kier molecular flexibility index (Phi) is 3.71. The fraction of sp³-hybridized carbons (Fsp3) is 0.133. The predicted octanol–water partition coefficient (Wildman–Crippen LogP) is 3.49. The molecule has 19 heavy (non-hydrogen) atoms. The molecule has 0 heterocycles. The van der Waals surface area contributed by atoms with E-state index in [1.54, 1.807) is 25.3 Å². The van der Waals surface area contributed by atoms with Crippen molar-refractivity contribution < 1.29 is 19.4 Å². The zero-order valence-corrected chi connectivity index (χ0v) is 10.7. The van der Waals surface area contributed by atoms with Gasteiger partial charge in [-0.3, -0.25) is 0 Å². The lowest BCUT2D eigenvalue weighted by atomic mass is 10.2. The van der Waals surface area contributed by atoms with E-state index >= 15 is 0 Å². The lowest BCUT2D eigenvalue weighted by Gasteiger charge is -2.11. The zero-order chi connectivity index (χ0) is 13.8. The number of aromatic carboxylic acids is 1. The molecule has 4 heteroatoms. The molecule has 0 amide bonds. The highest BCUT2D eigenvalue weighted by atomic mass is 16.5. The monoisotopic (exact) mass is 258 g/mol. The van der Waals surface area contributed by atoms with Gasteiger partial charge < -0.3 is 14.6 Å². The number of hydrogen-bond acceptors (Lipinski definition) is 3. The smallest absolute Gasteiger partial charge is 0.335 e. The van der Waals surface area contributed by atoms with Crippen LogP contribution in [0.5, 0.6) is 17.2 Å². The van der Waals surface area contributed by atoms with Gasteiger partial charge in [-0.2, -0.15) is 0 Å². The minimum Gasteiger partial charge on any atom is -0.493 e. The van der Waals surface area contributed by atoms with E-state index in [1.165, 1.54) is 12.1 Å². The molecule has 0 aromatic heterocycles. The number of carboxylic acid groups (broad SMARTS) is 1. The normalized spacial score (nSPS) is 10.0. The standard InChI is InChI=1S/C15H14O4/c1-10-6-7-13(14(8-10)18-2)19-12-5-3-4-11(9-12)15(16)17/h3-9H,1-2H3,(H,16,17). The van der Waals surface area contributed by atoms with Crippen molar-refractivity contribution in [1.82, 2.24) is 0 Å². The summed E-state index contributed by atoms with van der Waals surface area (Å²) in [7, 11) is 1.56. The van der Waals surface area contributed by atoms with Crippen LogP contribution in [0.2, 0.25) is 0 Å². The van der Waals surface area contributed by atoms with Crippen molar-refractivity contribution >= 4 is 5.97 Å². The zero-order valence-electron chi connectivity index (χ0n) is 10.7. The van der Waals surface area contributed by atoms with Crippen molar-refractivity contribution in [3.63, 3.8) is 0 Å². The number of carbonyl (C=O) groups is 1. The first-order chi connectivity index (χ1) is 9.10. The Morgan fingerprint density at radius 1 is 1.11 bits per heavy atom. The molecule has 0 fully saturated rings. The van der Waals surface area contributed by atoms with Gasteiger partial charge in [0.2, 0.25) is 0 Å². The van der Waals surface area contributed by atoms with Gasteiger partial charge in [0, 0.05) is 0 Å². The summed E-state index contributed by atoms with van der Waals surface area (Å²) in [5.41, 5.74) is 1.24. The molecule has 0 atom stereocenters. The highest BCUT2D eigenvalue weighted by molar-refractivity contribution is 5.88. The molecule has 0 spiro atoms. The highest BCUT2D eigenvalue weighted by Gasteiger charge is 2.08. The minimum atomic E-state index is -0.985. The van der Waals surface area contributed by atoms with E-state index in [1.807, 2.05) is 19.1 Å². The molecule has 4 nitrogen and oxygen atoms in total. The van der Waals surface area contributed by atoms with Gasteiger partial charge in [-0.05, 0) is 42.8 Å². The van der Waals surface area contributed by atoms with Crippen LogP contribution in [-0.2, 0) is 0 Å². The van der Waals surface area contributed by atoms with Gasteiger partial charge in [0.05, 0.1) is 12.7 Å². The minimum absolute atomic E-state index is 0.184. The Labute approximate surface area is 111 Å². The number of carboxylic acids is 1. The van der Waals surface area contributed by atoms with E-state index in [2.05, 4.69) is 0 Å². The van der Waals surface area contributed by atoms with Gasteiger partial charge in [-0.1, -0.05) is 12.1 Å². The molecule has 0 aliphatic heterocycles. The first-order valence-electron chi connectivity index (χ1n) is 5.76. The van der Waals surface area contributed by atoms with Crippen molar-refractivity contribution in [3.8, 4) is 17.2 Å². The first-order valence-corrected chi connectivity index (χ1v) is 5.76. The largest absolute Gasteiger partial charge is 0.493 e. The van der Waals surface area contributed by atoms with Crippen LogP contribution >= 0.6 is 0 Å². The maximum Gasteiger partial charge on any atom is 0.335 e. The van der Waals surface area contributed by atoms with Crippen LogP contribution in [0.25, 0.3) is 0 Å². The molecule has 0 aliphatic rings. The van der Waals surface area contributed by atoms with Crippen LogP contribution < -0.4 is 9.47 Å². The van der Waals surface area contributed by atoms with Crippen LogP contribution in [0, 0.1) is 6.92 Å². The molecule has 0 radical (unpaired) electrons. The second-order valence-electron chi connectivity index (χ2n) is 4.09. The number of rotatable bonds is 4. The van der Waals surface area contributed by atoms with Crippen molar-refractivity contribution in [3.05, 3.63) is 53.6 Å². The molecule has 2 aromatic carbocycles. The molecule has 2 aromatic rings. The summed E-state index contributed by atoms with van der Waals surface area (Å²) in [5, 5.41) is 8.93. The molecule has 0 bridgehead atoms. The molecule has 0 saturated heterocycles. The number of hydrogen-bond donors (Lipinski definition) is 1. The quantitative estimate of drug-likeness (QED) is 0.912. The van der Waals surface area contributed by atoms with Gasteiger partial charge in [0.25, 0.3) is 0 Å². The van der Waals surface area contributed by atoms with E-state index in [0.29, 0.717) is 17.2 Å². The van der Waals surface area contributed by atoms with Gasteiger partial charge in [-0.25, -0.2) is 4.79 Å². The Morgan fingerprint density at radius 3 is 2.58 bits per heavy atom. The van der Waals surface area contributed by atoms with Gasteiger partial charge in [0.1, 0.15) is 5.75 Å². The molecule has 0 unspecified atom stereocenters. The Morgan fingerprint density at radius 2 is 1.89 bits per heavy atom. The maximum atomic E-state index is 10.9. The molecule has 1 N–H and O–H groups in total. The van der Waals surface area contributed by atoms with Crippen LogP contribution in [0.15, 0.2) is 42.5 Å². The van der Waals surface area contributed by atoms with Crippen molar-refractivity contribution in [2.45, 2.75) is 6.92 Å². The lowest BCUT2D eigenvalue weighted by molar-refractivity contribution is 0.0696. The molecular formula is C15H14O4. The van der Waals surface area contributed by atoms with Gasteiger partial charge >= 0.3 is 5.97 Å². The number of aryl methyl sites for hydroxylation is 1. The molecule has 0 saturated carbocycles. The molecule has 98 valence electrons. The van der Waals surface area contributed by atoms with E-state index in [9.17, 15) is 4.79 Å². The predicted molar refractivity (Wildman–Crippen MR) is 71.2 cm³/mol. The summed E-state index contributed by atoms with van der Waals surface area (Å²) in [5.74, 6) is 0.639. The van der Waals surface area contributed by atoms with E-state index < -0.39 is 5.97 Å². The van der Waals surface area contributed by atoms with Crippen LogP contribution in [0.3, 0.4) is 0 Å². The van der Waals surface area contributed by atoms with Crippen LogP contribution in [-0.4, -0.2) is 18.2 Å². The average Bonchev–Trinajstić information content (AvgIpc) is 2.41. The Balaban J connectivity index is 2.30. The van der Waals surface area contributed by atoms with Crippen LogP contribution in [0.1, 0.15) is 15.9 Å². The number of ether oxygens (including phenoxy) is 2. The fourth-order valence-corrected chi connectivity index (χ4v) is 1.68. The Hall–Kier alpha value is -2.49. The lowest BCUT2D eigenvalue weighted by Crippen LogP contribution is -1.96. The summed E-state index contributed by atoms with van der Waals surface area (Å²) >= 11 is 0. The first kappa shape index (κ1) is 13.0. The second kappa shape index (κ2) is 5.44. The van der Waals surface area contributed by atoms with Crippen LogP contribution in [0.4, 0.5) is 0 Å². The topological polar surface area (TPSA) is 55.8 Å².